The topological polar surface area (TPSA) is 86.8 Å². The lowest BCUT2D eigenvalue weighted by molar-refractivity contribution is -0.140. The number of carbonyl (C=O) groups is 2. The third kappa shape index (κ3) is 7.53. The van der Waals surface area contributed by atoms with Crippen LogP contribution in [0.5, 0.6) is 0 Å². The Labute approximate surface area is 221 Å². The van der Waals surface area contributed by atoms with Gasteiger partial charge in [-0.15, -0.1) is 0 Å². The Hall–Kier alpha value is -3.43. The molecule has 7 nitrogen and oxygen atoms in total. The van der Waals surface area contributed by atoms with Gasteiger partial charge in [0.1, 0.15) is 18.4 Å². The van der Waals surface area contributed by atoms with E-state index >= 15 is 0 Å². The molecule has 0 aromatic heterocycles. The number of carbonyl (C=O) groups excluding carboxylic acids is 2. The molecule has 1 N–H and O–H groups in total. The lowest BCUT2D eigenvalue weighted by atomic mass is 10.0. The van der Waals surface area contributed by atoms with Gasteiger partial charge in [0.05, 0.1) is 17.0 Å². The maximum Gasteiger partial charge on any atom is 0.244 e. The third-order valence-electron chi connectivity index (χ3n) is 5.72. The van der Waals surface area contributed by atoms with Gasteiger partial charge in [-0.3, -0.25) is 13.9 Å². The Morgan fingerprint density at radius 1 is 0.973 bits per heavy atom. The first kappa shape index (κ1) is 28.1. The van der Waals surface area contributed by atoms with Gasteiger partial charge in [0, 0.05) is 25.1 Å². The zero-order valence-corrected chi connectivity index (χ0v) is 22.2. The fraction of sp³-hybridized carbons (Fsp3) is 0.259. The molecule has 2 amide bonds. The summed E-state index contributed by atoms with van der Waals surface area (Å²) in [5.74, 6) is -1.65. The Bertz CT molecular complexity index is 1340. The van der Waals surface area contributed by atoms with E-state index in [4.69, 9.17) is 11.6 Å². The first-order chi connectivity index (χ1) is 17.6. The number of rotatable bonds is 11. The molecule has 3 aromatic rings. The van der Waals surface area contributed by atoms with E-state index in [1.54, 1.807) is 25.1 Å². The third-order valence-corrected chi connectivity index (χ3v) is 7.17. The molecule has 1 atom stereocenters. The first-order valence-corrected chi connectivity index (χ1v) is 13.9. The van der Waals surface area contributed by atoms with Crippen LogP contribution >= 0.6 is 11.6 Å². The molecule has 0 heterocycles. The largest absolute Gasteiger partial charge is 0.355 e. The summed E-state index contributed by atoms with van der Waals surface area (Å²) in [7, 11) is -3.94. The van der Waals surface area contributed by atoms with Gasteiger partial charge < -0.3 is 10.2 Å². The Kier molecular flexibility index (Phi) is 9.66. The van der Waals surface area contributed by atoms with Crippen LogP contribution in [-0.2, 0) is 32.6 Å². The van der Waals surface area contributed by atoms with Crippen molar-refractivity contribution in [1.29, 1.82) is 0 Å². The Morgan fingerprint density at radius 3 is 2.22 bits per heavy atom. The van der Waals surface area contributed by atoms with Gasteiger partial charge in [0.15, 0.2) is 0 Å². The number of anilines is 1. The number of amides is 2. The van der Waals surface area contributed by atoms with Crippen LogP contribution in [0.25, 0.3) is 0 Å². The van der Waals surface area contributed by atoms with Crippen molar-refractivity contribution in [2.24, 2.45) is 0 Å². The van der Waals surface area contributed by atoms with E-state index in [0.717, 1.165) is 16.1 Å². The molecular weight excluding hydrogens is 517 g/mol. The molecule has 10 heteroatoms. The predicted octanol–water partition coefficient (Wildman–Crippen LogP) is 4.02. The highest BCUT2D eigenvalue weighted by Crippen LogP contribution is 2.28. The molecule has 0 radical (unpaired) electrons. The monoisotopic (exact) mass is 545 g/mol. The number of halogens is 2. The van der Waals surface area contributed by atoms with Crippen molar-refractivity contribution in [3.8, 4) is 0 Å². The van der Waals surface area contributed by atoms with E-state index in [9.17, 15) is 22.4 Å². The van der Waals surface area contributed by atoms with Crippen LogP contribution in [0.15, 0.2) is 78.9 Å². The van der Waals surface area contributed by atoms with Crippen LogP contribution in [0.4, 0.5) is 10.1 Å². The highest BCUT2D eigenvalue weighted by atomic mass is 35.5. The van der Waals surface area contributed by atoms with E-state index < -0.39 is 40.2 Å². The zero-order chi connectivity index (χ0) is 27.0. The quantitative estimate of drug-likeness (QED) is 0.394. The summed E-state index contributed by atoms with van der Waals surface area (Å²) in [6.07, 6.45) is 1.12. The maximum atomic E-state index is 14.7. The van der Waals surface area contributed by atoms with Crippen molar-refractivity contribution >= 4 is 39.1 Å². The lowest BCUT2D eigenvalue weighted by Gasteiger charge is -2.33. The number of likely N-dealkylation sites (N-methyl/N-ethyl adjacent to an activating group) is 1. The second kappa shape index (κ2) is 12.7. The minimum atomic E-state index is -3.94. The first-order valence-electron chi connectivity index (χ1n) is 11.7. The van der Waals surface area contributed by atoms with E-state index in [0.29, 0.717) is 6.54 Å². The summed E-state index contributed by atoms with van der Waals surface area (Å²) in [6, 6.07) is 20.3. The lowest BCUT2D eigenvalue weighted by Crippen LogP contribution is -2.53. The summed E-state index contributed by atoms with van der Waals surface area (Å²) in [6.45, 7) is 1.21. The highest BCUT2D eigenvalue weighted by molar-refractivity contribution is 7.92. The second-order valence-corrected chi connectivity index (χ2v) is 10.7. The van der Waals surface area contributed by atoms with Crippen LogP contribution in [0.3, 0.4) is 0 Å². The number of benzene rings is 3. The van der Waals surface area contributed by atoms with Crippen LogP contribution in [-0.4, -0.2) is 50.5 Å². The Morgan fingerprint density at radius 2 is 1.59 bits per heavy atom. The van der Waals surface area contributed by atoms with Crippen molar-refractivity contribution < 1.29 is 22.4 Å². The van der Waals surface area contributed by atoms with Crippen LogP contribution in [0, 0.1) is 5.82 Å². The van der Waals surface area contributed by atoms with E-state index in [-0.39, 0.29) is 29.2 Å². The van der Waals surface area contributed by atoms with Crippen LogP contribution in [0.1, 0.15) is 18.1 Å². The fourth-order valence-electron chi connectivity index (χ4n) is 3.90. The van der Waals surface area contributed by atoms with Gasteiger partial charge in [-0.25, -0.2) is 12.8 Å². The fourth-order valence-corrected chi connectivity index (χ4v) is 5.05. The predicted molar refractivity (Wildman–Crippen MR) is 143 cm³/mol. The summed E-state index contributed by atoms with van der Waals surface area (Å²) in [5.41, 5.74) is 1.11. The zero-order valence-electron chi connectivity index (χ0n) is 20.6. The van der Waals surface area contributed by atoms with Gasteiger partial charge in [-0.05, 0) is 30.7 Å². The molecule has 196 valence electrons. The van der Waals surface area contributed by atoms with Gasteiger partial charge in [-0.2, -0.15) is 0 Å². The molecule has 0 aliphatic rings. The van der Waals surface area contributed by atoms with E-state index in [1.165, 1.54) is 35.2 Å². The number of nitrogens with zero attached hydrogens (tertiary/aromatic N) is 2. The molecule has 0 aliphatic heterocycles. The van der Waals surface area contributed by atoms with Crippen molar-refractivity contribution in [2.75, 3.05) is 23.7 Å². The van der Waals surface area contributed by atoms with E-state index in [2.05, 4.69) is 5.32 Å². The average molecular weight is 546 g/mol. The van der Waals surface area contributed by atoms with Crippen molar-refractivity contribution in [3.05, 3.63) is 101 Å². The second-order valence-electron chi connectivity index (χ2n) is 8.43. The summed E-state index contributed by atoms with van der Waals surface area (Å²) >= 11 is 6.26. The van der Waals surface area contributed by atoms with Gasteiger partial charge in [0.25, 0.3) is 0 Å². The molecule has 0 bridgehead atoms. The molecule has 0 saturated heterocycles. The van der Waals surface area contributed by atoms with Gasteiger partial charge >= 0.3 is 0 Å². The standard InChI is InChI=1S/C27H29ClFN3O4S/c1-3-30-27(34)25(17-20-11-5-4-6-12-20)31(18-21-13-7-9-15-23(21)29)26(33)19-32(37(2,35)36)24-16-10-8-14-22(24)28/h4-16,25H,3,17-19H2,1-2H3,(H,30,34)/t25-/m1/s1. The van der Waals surface area contributed by atoms with Gasteiger partial charge in [-0.1, -0.05) is 72.3 Å². The summed E-state index contributed by atoms with van der Waals surface area (Å²) < 4.78 is 41.0. The SMILES string of the molecule is CCNC(=O)[C@@H](Cc1ccccc1)N(Cc1ccccc1F)C(=O)CN(c1ccccc1Cl)S(C)(=O)=O. The molecule has 3 rings (SSSR count). The smallest absolute Gasteiger partial charge is 0.244 e. The molecule has 0 unspecified atom stereocenters. The van der Waals surface area contributed by atoms with Crippen molar-refractivity contribution in [2.45, 2.75) is 25.9 Å². The number of sulfonamides is 1. The molecule has 37 heavy (non-hydrogen) atoms. The average Bonchev–Trinajstić information content (AvgIpc) is 2.86. The van der Waals surface area contributed by atoms with Crippen LogP contribution in [0.2, 0.25) is 5.02 Å². The number of hydrogen-bond acceptors (Lipinski definition) is 4. The maximum absolute atomic E-state index is 14.7. The normalized spacial score (nSPS) is 12.0. The van der Waals surface area contributed by atoms with Crippen molar-refractivity contribution in [3.63, 3.8) is 0 Å². The highest BCUT2D eigenvalue weighted by Gasteiger charge is 2.33. The van der Waals surface area contributed by atoms with Gasteiger partial charge in [0.2, 0.25) is 21.8 Å². The number of nitrogens with one attached hydrogen (secondary N) is 1. The minimum Gasteiger partial charge on any atom is -0.355 e. The molecule has 0 spiro atoms. The van der Waals surface area contributed by atoms with Crippen molar-refractivity contribution in [1.82, 2.24) is 10.2 Å². The number of hydrogen-bond donors (Lipinski definition) is 1. The van der Waals surface area contributed by atoms with E-state index in [1.807, 2.05) is 30.3 Å². The number of para-hydroxylation sites is 1. The summed E-state index contributed by atoms with van der Waals surface area (Å²) in [5, 5.41) is 2.89. The molecule has 0 fully saturated rings. The molecule has 3 aromatic carbocycles. The molecule has 0 aliphatic carbocycles. The van der Waals surface area contributed by atoms with Crippen LogP contribution < -0.4 is 9.62 Å². The Balaban J connectivity index is 2.06. The molecular formula is C27H29ClFN3O4S. The minimum absolute atomic E-state index is 0.128. The molecule has 0 saturated carbocycles. The summed E-state index contributed by atoms with van der Waals surface area (Å²) in [4.78, 5) is 28.3.